The average molecular weight is 423 g/mol. The van der Waals surface area contributed by atoms with Crippen LogP contribution in [0.25, 0.3) is 0 Å². The van der Waals surface area contributed by atoms with Crippen LogP contribution in [0.1, 0.15) is 88.7 Å². The highest BCUT2D eigenvalue weighted by atomic mass is 16.5. The molecule has 1 aliphatic carbocycles. The highest BCUT2D eigenvalue weighted by Crippen LogP contribution is 2.37. The minimum atomic E-state index is -0.199. The number of ether oxygens (including phenoxy) is 2. The Morgan fingerprint density at radius 1 is 0.871 bits per heavy atom. The Hall–Kier alpha value is -2.29. The molecule has 0 saturated heterocycles. The summed E-state index contributed by atoms with van der Waals surface area (Å²) in [7, 11) is 0. The van der Waals surface area contributed by atoms with Crippen molar-refractivity contribution in [3.63, 3.8) is 0 Å². The molecule has 31 heavy (non-hydrogen) atoms. The highest BCUT2D eigenvalue weighted by molar-refractivity contribution is 5.72. The molecule has 0 spiro atoms. The van der Waals surface area contributed by atoms with E-state index in [-0.39, 0.29) is 5.97 Å². The van der Waals surface area contributed by atoms with Gasteiger partial charge in [-0.25, -0.2) is 0 Å². The highest BCUT2D eigenvalue weighted by Gasteiger charge is 2.22. The van der Waals surface area contributed by atoms with Crippen LogP contribution in [-0.2, 0) is 11.2 Å². The standard InChI is InChI=1S/C28H38O3/c1-3-5-6-7-22-8-13-24(14-9-22)25-15-10-23(11-16-25)12-21-28(29)31-27-19-17-26(18-20-27)30-4-2/h10-11,15-20,22,24H,3-9,12-14,21H2,1-2H3. The van der Waals surface area contributed by atoms with E-state index in [1.54, 1.807) is 12.1 Å². The molecular formula is C28H38O3. The number of esters is 1. The molecular weight excluding hydrogens is 384 g/mol. The summed E-state index contributed by atoms with van der Waals surface area (Å²) < 4.78 is 10.8. The average Bonchev–Trinajstić information content (AvgIpc) is 2.80. The predicted molar refractivity (Wildman–Crippen MR) is 127 cm³/mol. The fourth-order valence-corrected chi connectivity index (χ4v) is 4.62. The van der Waals surface area contributed by atoms with Crippen LogP contribution in [0, 0.1) is 5.92 Å². The molecule has 0 atom stereocenters. The number of aryl methyl sites for hydroxylation is 1. The van der Waals surface area contributed by atoms with Gasteiger partial charge in [-0.15, -0.1) is 0 Å². The molecule has 3 nitrogen and oxygen atoms in total. The Labute approximate surface area is 188 Å². The predicted octanol–water partition coefficient (Wildman–Crippen LogP) is 7.48. The first-order valence-corrected chi connectivity index (χ1v) is 12.2. The van der Waals surface area contributed by atoms with E-state index in [1.807, 2.05) is 19.1 Å². The Morgan fingerprint density at radius 2 is 1.55 bits per heavy atom. The first kappa shape index (κ1) is 23.4. The molecule has 1 fully saturated rings. The van der Waals surface area contributed by atoms with Crippen LogP contribution in [-0.4, -0.2) is 12.6 Å². The fraction of sp³-hybridized carbons (Fsp3) is 0.536. The first-order chi connectivity index (χ1) is 15.2. The Morgan fingerprint density at radius 3 is 2.19 bits per heavy atom. The van der Waals surface area contributed by atoms with Crippen LogP contribution >= 0.6 is 0 Å². The van der Waals surface area contributed by atoms with Gasteiger partial charge in [0.25, 0.3) is 0 Å². The molecule has 168 valence electrons. The number of carbonyl (C=O) groups excluding carboxylic acids is 1. The zero-order valence-electron chi connectivity index (χ0n) is 19.3. The Kier molecular flexibility index (Phi) is 9.45. The van der Waals surface area contributed by atoms with Crippen molar-refractivity contribution in [1.29, 1.82) is 0 Å². The van der Waals surface area contributed by atoms with E-state index >= 15 is 0 Å². The van der Waals surface area contributed by atoms with Crippen LogP contribution in [0.3, 0.4) is 0 Å². The van der Waals surface area contributed by atoms with E-state index in [0.717, 1.165) is 11.7 Å². The van der Waals surface area contributed by atoms with Gasteiger partial charge in [-0.2, -0.15) is 0 Å². The van der Waals surface area contributed by atoms with E-state index in [1.165, 1.54) is 62.5 Å². The third kappa shape index (κ3) is 7.72. The molecule has 0 aliphatic heterocycles. The van der Waals surface area contributed by atoms with Crippen molar-refractivity contribution in [2.24, 2.45) is 5.92 Å². The van der Waals surface area contributed by atoms with E-state index in [4.69, 9.17) is 9.47 Å². The maximum atomic E-state index is 12.2. The summed E-state index contributed by atoms with van der Waals surface area (Å²) in [5.41, 5.74) is 2.66. The summed E-state index contributed by atoms with van der Waals surface area (Å²) in [5.74, 6) is 2.81. The van der Waals surface area contributed by atoms with Gasteiger partial charge in [0.2, 0.25) is 0 Å². The molecule has 2 aromatic rings. The molecule has 0 radical (unpaired) electrons. The van der Waals surface area contributed by atoms with Gasteiger partial charge in [-0.1, -0.05) is 56.9 Å². The van der Waals surface area contributed by atoms with Crippen LogP contribution in [0.4, 0.5) is 0 Å². The molecule has 0 aromatic heterocycles. The lowest BCUT2D eigenvalue weighted by atomic mass is 9.77. The van der Waals surface area contributed by atoms with Gasteiger partial charge in [0.1, 0.15) is 11.5 Å². The molecule has 0 N–H and O–H groups in total. The summed E-state index contributed by atoms with van der Waals surface area (Å²) >= 11 is 0. The lowest BCUT2D eigenvalue weighted by Crippen LogP contribution is -2.13. The summed E-state index contributed by atoms with van der Waals surface area (Å²) in [6.07, 6.45) is 12.0. The van der Waals surface area contributed by atoms with Crippen molar-refractivity contribution < 1.29 is 14.3 Å². The SMILES string of the molecule is CCCCCC1CCC(c2ccc(CCC(=O)Oc3ccc(OCC)cc3)cc2)CC1. The normalized spacial score (nSPS) is 18.5. The molecule has 2 aromatic carbocycles. The molecule has 1 saturated carbocycles. The number of hydrogen-bond donors (Lipinski definition) is 0. The Balaban J connectivity index is 1.40. The van der Waals surface area contributed by atoms with Crippen molar-refractivity contribution in [2.75, 3.05) is 6.61 Å². The molecule has 3 heteroatoms. The summed E-state index contributed by atoms with van der Waals surface area (Å²) in [6, 6.07) is 16.1. The second-order valence-electron chi connectivity index (χ2n) is 8.83. The van der Waals surface area contributed by atoms with Crippen LogP contribution in [0.5, 0.6) is 11.5 Å². The smallest absolute Gasteiger partial charge is 0.311 e. The number of hydrogen-bond acceptors (Lipinski definition) is 3. The number of unbranched alkanes of at least 4 members (excludes halogenated alkanes) is 2. The zero-order valence-corrected chi connectivity index (χ0v) is 19.3. The van der Waals surface area contributed by atoms with E-state index in [0.29, 0.717) is 31.1 Å². The van der Waals surface area contributed by atoms with Gasteiger partial charge in [-0.05, 0) is 86.3 Å². The number of benzene rings is 2. The minimum Gasteiger partial charge on any atom is -0.494 e. The van der Waals surface area contributed by atoms with Crippen LogP contribution in [0.15, 0.2) is 48.5 Å². The molecule has 0 amide bonds. The largest absolute Gasteiger partial charge is 0.494 e. The third-order valence-electron chi connectivity index (χ3n) is 6.50. The van der Waals surface area contributed by atoms with Crippen LogP contribution < -0.4 is 9.47 Å². The maximum Gasteiger partial charge on any atom is 0.311 e. The van der Waals surface area contributed by atoms with Gasteiger partial charge < -0.3 is 9.47 Å². The van der Waals surface area contributed by atoms with Crippen molar-refractivity contribution in [3.05, 3.63) is 59.7 Å². The summed E-state index contributed by atoms with van der Waals surface area (Å²) in [6.45, 7) is 4.85. The van der Waals surface area contributed by atoms with Crippen molar-refractivity contribution >= 4 is 5.97 Å². The van der Waals surface area contributed by atoms with Gasteiger partial charge in [0.15, 0.2) is 0 Å². The second kappa shape index (κ2) is 12.5. The van der Waals surface area contributed by atoms with Crippen LogP contribution in [0.2, 0.25) is 0 Å². The summed E-state index contributed by atoms with van der Waals surface area (Å²) in [4.78, 5) is 12.2. The molecule has 1 aliphatic rings. The molecule has 3 rings (SSSR count). The lowest BCUT2D eigenvalue weighted by Gasteiger charge is -2.29. The Bertz CT molecular complexity index is 771. The monoisotopic (exact) mass is 422 g/mol. The molecule has 0 heterocycles. The fourth-order valence-electron chi connectivity index (χ4n) is 4.62. The van der Waals surface area contributed by atoms with Gasteiger partial charge in [-0.3, -0.25) is 4.79 Å². The topological polar surface area (TPSA) is 35.5 Å². The van der Waals surface area contributed by atoms with E-state index < -0.39 is 0 Å². The second-order valence-corrected chi connectivity index (χ2v) is 8.83. The number of rotatable bonds is 11. The molecule has 0 bridgehead atoms. The van der Waals surface area contributed by atoms with Crippen molar-refractivity contribution in [1.82, 2.24) is 0 Å². The van der Waals surface area contributed by atoms with Gasteiger partial charge >= 0.3 is 5.97 Å². The number of carbonyl (C=O) groups is 1. The summed E-state index contributed by atoms with van der Waals surface area (Å²) in [5, 5.41) is 0. The van der Waals surface area contributed by atoms with Gasteiger partial charge in [0.05, 0.1) is 6.61 Å². The van der Waals surface area contributed by atoms with E-state index in [9.17, 15) is 4.79 Å². The van der Waals surface area contributed by atoms with Crippen molar-refractivity contribution in [3.8, 4) is 11.5 Å². The zero-order chi connectivity index (χ0) is 21.9. The van der Waals surface area contributed by atoms with E-state index in [2.05, 4.69) is 31.2 Å². The maximum absolute atomic E-state index is 12.2. The van der Waals surface area contributed by atoms with Gasteiger partial charge in [0, 0.05) is 6.42 Å². The third-order valence-corrected chi connectivity index (χ3v) is 6.50. The first-order valence-electron chi connectivity index (χ1n) is 12.2. The van der Waals surface area contributed by atoms with Crippen molar-refractivity contribution in [2.45, 2.75) is 84.0 Å². The molecule has 0 unspecified atom stereocenters. The lowest BCUT2D eigenvalue weighted by molar-refractivity contribution is -0.134. The quantitative estimate of drug-likeness (QED) is 0.214. The minimum absolute atomic E-state index is 0.199.